The molecule has 0 saturated carbocycles. The molecule has 0 heterocycles. The third-order valence-corrected chi connectivity index (χ3v) is 2.30. The fourth-order valence-electron chi connectivity index (χ4n) is 1.22. The molecule has 1 aromatic carbocycles. The maximum atomic E-state index is 13.2. The first-order valence-electron chi connectivity index (χ1n) is 4.47. The lowest BCUT2D eigenvalue weighted by molar-refractivity contribution is 0.456. The van der Waals surface area contributed by atoms with Crippen LogP contribution in [-0.4, -0.2) is 6.54 Å². The van der Waals surface area contributed by atoms with Crippen LogP contribution in [-0.2, 0) is 0 Å². The van der Waals surface area contributed by atoms with E-state index in [0.717, 1.165) is 18.2 Å². The maximum absolute atomic E-state index is 13.2. The van der Waals surface area contributed by atoms with Crippen molar-refractivity contribution in [3.8, 4) is 0 Å². The van der Waals surface area contributed by atoms with Gasteiger partial charge in [-0.1, -0.05) is 6.92 Å². The van der Waals surface area contributed by atoms with Crippen LogP contribution in [0.5, 0.6) is 0 Å². The monoisotopic (exact) mass is 200 g/mol. The Balaban J connectivity index is 2.99. The van der Waals surface area contributed by atoms with Gasteiger partial charge in [0, 0.05) is 11.6 Å². The zero-order valence-electron chi connectivity index (χ0n) is 8.00. The Labute approximate surface area is 81.9 Å². The summed E-state index contributed by atoms with van der Waals surface area (Å²) >= 11 is 0. The second-order valence-electron chi connectivity index (χ2n) is 3.40. The van der Waals surface area contributed by atoms with Crippen molar-refractivity contribution in [2.24, 2.45) is 17.4 Å². The van der Waals surface area contributed by atoms with Crippen LogP contribution < -0.4 is 11.5 Å². The number of hydrogen-bond donors (Lipinski definition) is 2. The number of nitrogens with two attached hydrogens (primary N) is 2. The Morgan fingerprint density at radius 3 is 2.57 bits per heavy atom. The number of halogens is 2. The van der Waals surface area contributed by atoms with Gasteiger partial charge in [0.25, 0.3) is 0 Å². The molecule has 0 fully saturated rings. The molecule has 0 spiro atoms. The molecular formula is C10H14F2N2. The van der Waals surface area contributed by atoms with E-state index >= 15 is 0 Å². The molecule has 2 nitrogen and oxygen atoms in total. The van der Waals surface area contributed by atoms with Crippen molar-refractivity contribution in [1.82, 2.24) is 0 Å². The first kappa shape index (κ1) is 11.1. The summed E-state index contributed by atoms with van der Waals surface area (Å²) in [5.74, 6) is -1.05. The highest BCUT2D eigenvalue weighted by Gasteiger charge is 2.17. The van der Waals surface area contributed by atoms with Crippen LogP contribution in [0.15, 0.2) is 18.2 Å². The molecule has 4 heteroatoms. The molecule has 0 aromatic heterocycles. The Kier molecular flexibility index (Phi) is 3.55. The van der Waals surface area contributed by atoms with Crippen molar-refractivity contribution < 1.29 is 8.78 Å². The van der Waals surface area contributed by atoms with Crippen LogP contribution in [0.4, 0.5) is 8.78 Å². The standard InChI is InChI=1S/C10H14F2N2/c1-6(5-13)10(14)8-4-7(11)2-3-9(8)12/h2-4,6,10H,5,13-14H2,1H3. The van der Waals surface area contributed by atoms with E-state index in [0.29, 0.717) is 6.54 Å². The second kappa shape index (κ2) is 4.48. The lowest BCUT2D eigenvalue weighted by Crippen LogP contribution is -2.26. The fraction of sp³-hybridized carbons (Fsp3) is 0.400. The minimum atomic E-state index is -0.560. The van der Waals surface area contributed by atoms with Gasteiger partial charge in [-0.25, -0.2) is 8.78 Å². The van der Waals surface area contributed by atoms with Crippen LogP contribution >= 0.6 is 0 Å². The quantitative estimate of drug-likeness (QED) is 0.778. The van der Waals surface area contributed by atoms with Crippen molar-refractivity contribution in [3.05, 3.63) is 35.4 Å². The van der Waals surface area contributed by atoms with Crippen molar-refractivity contribution in [2.45, 2.75) is 13.0 Å². The Morgan fingerprint density at radius 1 is 1.36 bits per heavy atom. The van der Waals surface area contributed by atoms with Crippen molar-refractivity contribution >= 4 is 0 Å². The summed E-state index contributed by atoms with van der Waals surface area (Å²) in [7, 11) is 0. The third-order valence-electron chi connectivity index (χ3n) is 2.30. The lowest BCUT2D eigenvalue weighted by Gasteiger charge is -2.18. The molecule has 1 rings (SSSR count). The second-order valence-corrected chi connectivity index (χ2v) is 3.40. The van der Waals surface area contributed by atoms with Gasteiger partial charge in [-0.2, -0.15) is 0 Å². The van der Waals surface area contributed by atoms with E-state index in [2.05, 4.69) is 0 Å². The van der Waals surface area contributed by atoms with Gasteiger partial charge >= 0.3 is 0 Å². The largest absolute Gasteiger partial charge is 0.330 e. The lowest BCUT2D eigenvalue weighted by atomic mass is 9.95. The van der Waals surface area contributed by atoms with Crippen molar-refractivity contribution in [1.29, 1.82) is 0 Å². The molecule has 2 unspecified atom stereocenters. The highest BCUT2D eigenvalue weighted by molar-refractivity contribution is 5.22. The fourth-order valence-corrected chi connectivity index (χ4v) is 1.22. The summed E-state index contributed by atoms with van der Waals surface area (Å²) in [4.78, 5) is 0. The Hall–Kier alpha value is -1.00. The van der Waals surface area contributed by atoms with Crippen LogP contribution in [0.2, 0.25) is 0 Å². The van der Waals surface area contributed by atoms with E-state index in [1.165, 1.54) is 0 Å². The highest BCUT2D eigenvalue weighted by Crippen LogP contribution is 2.22. The average Bonchev–Trinajstić information content (AvgIpc) is 2.19. The van der Waals surface area contributed by atoms with Crippen molar-refractivity contribution in [3.63, 3.8) is 0 Å². The van der Waals surface area contributed by atoms with Gasteiger partial charge in [-0.3, -0.25) is 0 Å². The molecule has 1 aromatic rings. The SMILES string of the molecule is CC(CN)C(N)c1cc(F)ccc1F. The van der Waals surface area contributed by atoms with E-state index in [4.69, 9.17) is 11.5 Å². The van der Waals surface area contributed by atoms with Gasteiger partial charge in [0.1, 0.15) is 11.6 Å². The summed E-state index contributed by atoms with van der Waals surface area (Å²) in [6, 6.07) is 2.70. The minimum Gasteiger partial charge on any atom is -0.330 e. The first-order valence-corrected chi connectivity index (χ1v) is 4.47. The molecule has 0 aliphatic rings. The average molecular weight is 200 g/mol. The zero-order chi connectivity index (χ0) is 10.7. The summed E-state index contributed by atoms with van der Waals surface area (Å²) < 4.78 is 26.1. The number of benzene rings is 1. The predicted molar refractivity (Wildman–Crippen MR) is 51.5 cm³/mol. The molecule has 0 radical (unpaired) electrons. The normalized spacial score (nSPS) is 15.2. The summed E-state index contributed by atoms with van der Waals surface area (Å²) in [5, 5.41) is 0. The molecule has 14 heavy (non-hydrogen) atoms. The van der Waals surface area contributed by atoms with Crippen molar-refractivity contribution in [2.75, 3.05) is 6.54 Å². The summed E-state index contributed by atoms with van der Waals surface area (Å²) in [6.45, 7) is 2.14. The van der Waals surface area contributed by atoms with E-state index in [1.54, 1.807) is 6.92 Å². The Morgan fingerprint density at radius 2 is 2.00 bits per heavy atom. The molecular weight excluding hydrogens is 186 g/mol. The van der Waals surface area contributed by atoms with Crippen LogP contribution in [0.3, 0.4) is 0 Å². The van der Waals surface area contributed by atoms with E-state index in [9.17, 15) is 8.78 Å². The summed E-state index contributed by atoms with van der Waals surface area (Å²) in [6.07, 6.45) is 0. The molecule has 0 aliphatic heterocycles. The van der Waals surface area contributed by atoms with Gasteiger partial charge in [0.15, 0.2) is 0 Å². The van der Waals surface area contributed by atoms with Gasteiger partial charge in [0.2, 0.25) is 0 Å². The molecule has 2 atom stereocenters. The first-order chi connectivity index (χ1) is 6.56. The third kappa shape index (κ3) is 2.27. The van der Waals surface area contributed by atoms with E-state index < -0.39 is 17.7 Å². The van der Waals surface area contributed by atoms with Gasteiger partial charge in [-0.15, -0.1) is 0 Å². The van der Waals surface area contributed by atoms with Gasteiger partial charge in [-0.05, 0) is 30.7 Å². The van der Waals surface area contributed by atoms with Crippen LogP contribution in [0, 0.1) is 17.6 Å². The number of hydrogen-bond acceptors (Lipinski definition) is 2. The van der Waals surface area contributed by atoms with E-state index in [-0.39, 0.29) is 11.5 Å². The highest BCUT2D eigenvalue weighted by atomic mass is 19.1. The molecule has 0 amide bonds. The minimum absolute atomic E-state index is 0.0775. The molecule has 0 bridgehead atoms. The zero-order valence-corrected chi connectivity index (χ0v) is 8.00. The smallest absolute Gasteiger partial charge is 0.128 e. The molecule has 78 valence electrons. The topological polar surface area (TPSA) is 52.0 Å². The molecule has 0 aliphatic carbocycles. The Bertz CT molecular complexity index is 315. The van der Waals surface area contributed by atoms with Gasteiger partial charge < -0.3 is 11.5 Å². The van der Waals surface area contributed by atoms with Crippen LogP contribution in [0.1, 0.15) is 18.5 Å². The molecule has 0 saturated heterocycles. The summed E-state index contributed by atoms with van der Waals surface area (Å²) in [5.41, 5.74) is 11.3. The maximum Gasteiger partial charge on any atom is 0.128 e. The van der Waals surface area contributed by atoms with Crippen LogP contribution in [0.25, 0.3) is 0 Å². The molecule has 4 N–H and O–H groups in total. The number of rotatable bonds is 3. The van der Waals surface area contributed by atoms with E-state index in [1.807, 2.05) is 0 Å². The predicted octanol–water partition coefficient (Wildman–Crippen LogP) is 1.56. The van der Waals surface area contributed by atoms with Gasteiger partial charge in [0.05, 0.1) is 0 Å².